The van der Waals surface area contributed by atoms with Crippen molar-refractivity contribution in [3.8, 4) is 0 Å². The van der Waals surface area contributed by atoms with Crippen LogP contribution in [0.4, 0.5) is 0 Å². The van der Waals surface area contributed by atoms with Gasteiger partial charge in [0, 0.05) is 26.8 Å². The molecule has 2 atom stereocenters. The Morgan fingerprint density at radius 3 is 2.43 bits per heavy atom. The number of carbonyl (C=O) groups is 1. The second kappa shape index (κ2) is 7.11. The fraction of sp³-hybridized carbons (Fsp3) is 0.500. The van der Waals surface area contributed by atoms with E-state index in [9.17, 15) is 13.2 Å². The Morgan fingerprint density at radius 1 is 1.38 bits per heavy atom. The third-order valence-electron chi connectivity index (χ3n) is 3.68. The van der Waals surface area contributed by atoms with Gasteiger partial charge in [0.15, 0.2) is 0 Å². The highest BCUT2D eigenvalue weighted by molar-refractivity contribution is 9.10. The maximum absolute atomic E-state index is 12.2. The molecule has 1 aromatic carbocycles. The van der Waals surface area contributed by atoms with Crippen molar-refractivity contribution >= 4 is 41.6 Å². The van der Waals surface area contributed by atoms with Crippen molar-refractivity contribution in [1.82, 2.24) is 5.32 Å². The van der Waals surface area contributed by atoms with Gasteiger partial charge in [-0.15, -0.1) is 0 Å². The van der Waals surface area contributed by atoms with Crippen molar-refractivity contribution in [2.24, 2.45) is 5.92 Å². The molecule has 0 saturated heterocycles. The third-order valence-corrected chi connectivity index (χ3v) is 5.95. The molecule has 7 heteroatoms. The molecule has 1 N–H and O–H groups in total. The lowest BCUT2D eigenvalue weighted by molar-refractivity contribution is 0.0928. The Morgan fingerprint density at radius 2 is 1.95 bits per heavy atom. The quantitative estimate of drug-likeness (QED) is 0.769. The second-order valence-corrected chi connectivity index (χ2v) is 8.56. The Balaban J connectivity index is 3.15. The minimum Gasteiger partial charge on any atom is -0.349 e. The van der Waals surface area contributed by atoms with Crippen LogP contribution >= 0.6 is 26.6 Å². The fourth-order valence-electron chi connectivity index (χ4n) is 1.82. The van der Waals surface area contributed by atoms with Crippen LogP contribution in [0.3, 0.4) is 0 Å². The van der Waals surface area contributed by atoms with Crippen molar-refractivity contribution in [3.05, 3.63) is 27.7 Å². The first-order chi connectivity index (χ1) is 9.57. The van der Waals surface area contributed by atoms with Crippen LogP contribution in [-0.4, -0.2) is 20.4 Å². The lowest BCUT2D eigenvalue weighted by Gasteiger charge is -2.20. The molecule has 1 rings (SSSR count). The molecule has 0 saturated carbocycles. The zero-order valence-corrected chi connectivity index (χ0v) is 15.6. The van der Waals surface area contributed by atoms with Crippen LogP contribution in [0.25, 0.3) is 0 Å². The molecular weight excluding hydrogens is 378 g/mol. The van der Waals surface area contributed by atoms with Crippen molar-refractivity contribution < 1.29 is 13.2 Å². The predicted molar refractivity (Wildman–Crippen MR) is 88.3 cm³/mol. The van der Waals surface area contributed by atoms with E-state index >= 15 is 0 Å². The van der Waals surface area contributed by atoms with Gasteiger partial charge >= 0.3 is 0 Å². The van der Waals surface area contributed by atoms with E-state index in [2.05, 4.69) is 21.2 Å². The van der Waals surface area contributed by atoms with Gasteiger partial charge in [0.05, 0.1) is 4.90 Å². The Labute approximate surface area is 138 Å². The minimum atomic E-state index is -3.90. The van der Waals surface area contributed by atoms with Crippen LogP contribution in [-0.2, 0) is 9.05 Å². The van der Waals surface area contributed by atoms with Crippen molar-refractivity contribution in [2.45, 2.75) is 45.1 Å². The first kappa shape index (κ1) is 18.5. The van der Waals surface area contributed by atoms with Gasteiger partial charge in [0.25, 0.3) is 15.0 Å². The Bertz CT molecular complexity index is 646. The smallest absolute Gasteiger partial charge is 0.261 e. The molecule has 0 aliphatic carbocycles. The number of hydrogen-bond donors (Lipinski definition) is 1. The summed E-state index contributed by atoms with van der Waals surface area (Å²) in [6.45, 7) is 7.65. The summed E-state index contributed by atoms with van der Waals surface area (Å²) in [5, 5.41) is 2.87. The molecule has 0 spiro atoms. The zero-order chi connectivity index (χ0) is 16.4. The third kappa shape index (κ3) is 4.69. The van der Waals surface area contributed by atoms with Gasteiger partial charge in [-0.2, -0.15) is 0 Å². The maximum Gasteiger partial charge on any atom is 0.261 e. The first-order valence-corrected chi connectivity index (χ1v) is 9.73. The summed E-state index contributed by atoms with van der Waals surface area (Å²) in [5.41, 5.74) is 0.748. The SMILES string of the molecule is CCC(C)C(C)NC(=O)c1cc(Br)c(C)c(S(=O)(=O)Cl)c1. The number of benzene rings is 1. The fourth-order valence-corrected chi connectivity index (χ4v) is 3.64. The van der Waals surface area contributed by atoms with E-state index in [4.69, 9.17) is 10.7 Å². The summed E-state index contributed by atoms with van der Waals surface area (Å²) in [7, 11) is 1.51. The minimum absolute atomic E-state index is 0.00126. The molecule has 0 aromatic heterocycles. The molecule has 0 aliphatic rings. The lowest BCUT2D eigenvalue weighted by atomic mass is 10.0. The van der Waals surface area contributed by atoms with Gasteiger partial charge in [-0.25, -0.2) is 8.42 Å². The first-order valence-electron chi connectivity index (χ1n) is 6.63. The molecule has 118 valence electrons. The zero-order valence-electron chi connectivity index (χ0n) is 12.4. The van der Waals surface area contributed by atoms with E-state index < -0.39 is 9.05 Å². The highest BCUT2D eigenvalue weighted by atomic mass is 79.9. The summed E-state index contributed by atoms with van der Waals surface area (Å²) in [4.78, 5) is 12.2. The number of hydrogen-bond acceptors (Lipinski definition) is 3. The second-order valence-electron chi connectivity index (χ2n) is 5.17. The van der Waals surface area contributed by atoms with Crippen LogP contribution < -0.4 is 5.32 Å². The Kier molecular flexibility index (Phi) is 6.25. The molecule has 0 radical (unpaired) electrons. The normalized spacial score (nSPS) is 14.6. The highest BCUT2D eigenvalue weighted by Gasteiger charge is 2.20. The van der Waals surface area contributed by atoms with Crippen LogP contribution in [0.2, 0.25) is 0 Å². The molecule has 0 fully saturated rings. The highest BCUT2D eigenvalue weighted by Crippen LogP contribution is 2.28. The van der Waals surface area contributed by atoms with Gasteiger partial charge in [0.1, 0.15) is 0 Å². The van der Waals surface area contributed by atoms with Crippen LogP contribution in [0, 0.1) is 12.8 Å². The average Bonchev–Trinajstić information content (AvgIpc) is 2.38. The van der Waals surface area contributed by atoms with E-state index in [1.165, 1.54) is 6.07 Å². The molecule has 2 unspecified atom stereocenters. The Hall–Kier alpha value is -0.590. The summed E-state index contributed by atoms with van der Waals surface area (Å²) in [6.07, 6.45) is 0.945. The molecule has 21 heavy (non-hydrogen) atoms. The van der Waals surface area contributed by atoms with Gasteiger partial charge in [-0.1, -0.05) is 36.2 Å². The monoisotopic (exact) mass is 395 g/mol. The molecule has 1 amide bonds. The van der Waals surface area contributed by atoms with E-state index in [-0.39, 0.29) is 22.4 Å². The summed E-state index contributed by atoms with van der Waals surface area (Å²) < 4.78 is 23.7. The number of amides is 1. The lowest BCUT2D eigenvalue weighted by Crippen LogP contribution is -2.37. The van der Waals surface area contributed by atoms with Crippen LogP contribution in [0.5, 0.6) is 0 Å². The van der Waals surface area contributed by atoms with Gasteiger partial charge in [-0.05, 0) is 37.5 Å². The number of rotatable bonds is 5. The summed E-state index contributed by atoms with van der Waals surface area (Å²) in [6, 6.07) is 2.90. The molecule has 0 heterocycles. The number of halogens is 2. The summed E-state index contributed by atoms with van der Waals surface area (Å²) in [5.74, 6) is 0.0177. The molecule has 1 aromatic rings. The largest absolute Gasteiger partial charge is 0.349 e. The van der Waals surface area contributed by atoms with Gasteiger partial charge < -0.3 is 5.32 Å². The van der Waals surface area contributed by atoms with Crippen molar-refractivity contribution in [1.29, 1.82) is 0 Å². The predicted octanol–water partition coefficient (Wildman–Crippen LogP) is 3.85. The maximum atomic E-state index is 12.2. The van der Waals surface area contributed by atoms with Crippen molar-refractivity contribution in [2.75, 3.05) is 0 Å². The number of nitrogens with one attached hydrogen (secondary N) is 1. The van der Waals surface area contributed by atoms with Gasteiger partial charge in [-0.3, -0.25) is 4.79 Å². The van der Waals surface area contributed by atoms with E-state index in [1.54, 1.807) is 13.0 Å². The van der Waals surface area contributed by atoms with E-state index in [0.29, 0.717) is 16.0 Å². The standard InChI is InChI=1S/C14H19BrClNO3S/c1-5-8(2)10(4)17-14(18)11-6-12(15)9(3)13(7-11)21(16,19)20/h6-8,10H,5H2,1-4H3,(H,17,18). The molecule has 0 bridgehead atoms. The summed E-state index contributed by atoms with van der Waals surface area (Å²) >= 11 is 3.26. The average molecular weight is 397 g/mol. The van der Waals surface area contributed by atoms with Crippen molar-refractivity contribution in [3.63, 3.8) is 0 Å². The number of carbonyl (C=O) groups excluding carboxylic acids is 1. The van der Waals surface area contributed by atoms with E-state index in [1.807, 2.05) is 20.8 Å². The van der Waals surface area contributed by atoms with E-state index in [0.717, 1.165) is 6.42 Å². The topological polar surface area (TPSA) is 63.2 Å². The van der Waals surface area contributed by atoms with Crippen LogP contribution in [0.15, 0.2) is 21.5 Å². The molecular formula is C14H19BrClNO3S. The molecule has 0 aliphatic heterocycles. The van der Waals surface area contributed by atoms with Gasteiger partial charge in [0.2, 0.25) is 0 Å². The van der Waals surface area contributed by atoms with Crippen LogP contribution in [0.1, 0.15) is 43.1 Å². The molecule has 4 nitrogen and oxygen atoms in total.